The number of hydrogen-bond acceptors (Lipinski definition) is 3. The topological polar surface area (TPSA) is 58.6 Å². The Morgan fingerprint density at radius 1 is 1.61 bits per heavy atom. The minimum absolute atomic E-state index is 0.0765. The summed E-state index contributed by atoms with van der Waals surface area (Å²) >= 11 is 9.09. The summed E-state index contributed by atoms with van der Waals surface area (Å²) in [5, 5.41) is 12.2. The van der Waals surface area contributed by atoms with Gasteiger partial charge in [0.15, 0.2) is 6.61 Å². The van der Waals surface area contributed by atoms with Gasteiger partial charge in [0.1, 0.15) is 5.75 Å². The maximum absolute atomic E-state index is 11.5. The average Bonchev–Trinajstić information content (AvgIpc) is 2.35. The Morgan fingerprint density at radius 2 is 2.33 bits per heavy atom. The van der Waals surface area contributed by atoms with Crippen LogP contribution in [0.1, 0.15) is 13.3 Å². The van der Waals surface area contributed by atoms with E-state index in [0.717, 1.165) is 0 Å². The molecule has 0 unspecified atom stereocenters. The number of aliphatic hydroxyl groups excluding tert-OH is 1. The number of hydrogen-bond donors (Lipinski definition) is 2. The molecule has 6 heteroatoms. The molecule has 2 N–H and O–H groups in total. The molecule has 0 saturated carbocycles. The highest BCUT2D eigenvalue weighted by Gasteiger charge is 2.10. The van der Waals surface area contributed by atoms with Crippen molar-refractivity contribution in [3.63, 3.8) is 0 Å². The van der Waals surface area contributed by atoms with E-state index in [1.54, 1.807) is 18.2 Å². The lowest BCUT2D eigenvalue weighted by Gasteiger charge is -2.14. The van der Waals surface area contributed by atoms with E-state index in [2.05, 4.69) is 21.2 Å². The van der Waals surface area contributed by atoms with Crippen LogP contribution in [0.4, 0.5) is 0 Å². The lowest BCUT2D eigenvalue weighted by Crippen LogP contribution is -2.39. The number of ether oxygens (including phenoxy) is 1. The number of benzene rings is 1. The lowest BCUT2D eigenvalue weighted by atomic mass is 10.2. The highest BCUT2D eigenvalue weighted by Crippen LogP contribution is 2.27. The van der Waals surface area contributed by atoms with E-state index in [9.17, 15) is 4.79 Å². The molecule has 1 aromatic rings. The van der Waals surface area contributed by atoms with Gasteiger partial charge >= 0.3 is 0 Å². The minimum Gasteiger partial charge on any atom is -0.483 e. The molecule has 1 aromatic carbocycles. The first-order chi connectivity index (χ1) is 8.56. The monoisotopic (exact) mass is 335 g/mol. The normalized spacial score (nSPS) is 12.0. The molecule has 0 aliphatic heterocycles. The number of amides is 1. The number of nitrogens with one attached hydrogen (secondary N) is 1. The van der Waals surface area contributed by atoms with Crippen molar-refractivity contribution in [1.29, 1.82) is 0 Å². The highest BCUT2D eigenvalue weighted by molar-refractivity contribution is 9.10. The Balaban J connectivity index is 2.47. The molecule has 0 fully saturated rings. The SMILES string of the molecule is CC[C@@H](CO)NC(=O)COc1ccc(Cl)cc1Br. The number of aliphatic hydroxyl groups is 1. The molecule has 0 aliphatic carbocycles. The van der Waals surface area contributed by atoms with Gasteiger partial charge in [0.05, 0.1) is 17.1 Å². The predicted molar refractivity (Wildman–Crippen MR) is 74.0 cm³/mol. The van der Waals surface area contributed by atoms with Crippen molar-refractivity contribution >= 4 is 33.4 Å². The first-order valence-corrected chi connectivity index (χ1v) is 6.72. The molecule has 0 bridgehead atoms. The zero-order chi connectivity index (χ0) is 13.5. The Kier molecular flexibility index (Phi) is 6.46. The molecule has 1 amide bonds. The quantitative estimate of drug-likeness (QED) is 0.838. The fraction of sp³-hybridized carbons (Fsp3) is 0.417. The van der Waals surface area contributed by atoms with Crippen molar-refractivity contribution in [2.75, 3.05) is 13.2 Å². The zero-order valence-electron chi connectivity index (χ0n) is 9.95. The molecular weight excluding hydrogens is 321 g/mol. The van der Waals surface area contributed by atoms with E-state index in [0.29, 0.717) is 21.7 Å². The molecule has 1 rings (SSSR count). The Morgan fingerprint density at radius 3 is 2.89 bits per heavy atom. The fourth-order valence-electron chi connectivity index (χ4n) is 1.28. The van der Waals surface area contributed by atoms with Crippen molar-refractivity contribution in [3.05, 3.63) is 27.7 Å². The number of rotatable bonds is 6. The van der Waals surface area contributed by atoms with E-state index in [4.69, 9.17) is 21.4 Å². The molecule has 0 spiro atoms. The first kappa shape index (κ1) is 15.3. The summed E-state index contributed by atoms with van der Waals surface area (Å²) in [6, 6.07) is 4.83. The van der Waals surface area contributed by atoms with Crippen LogP contribution in [-0.4, -0.2) is 30.3 Å². The molecule has 0 aromatic heterocycles. The van der Waals surface area contributed by atoms with E-state index in [1.807, 2.05) is 6.92 Å². The maximum atomic E-state index is 11.5. The largest absolute Gasteiger partial charge is 0.483 e. The van der Waals surface area contributed by atoms with Gasteiger partial charge in [-0.15, -0.1) is 0 Å². The molecule has 4 nitrogen and oxygen atoms in total. The van der Waals surface area contributed by atoms with Crippen LogP contribution in [0.2, 0.25) is 5.02 Å². The van der Waals surface area contributed by atoms with Gasteiger partial charge in [-0.2, -0.15) is 0 Å². The van der Waals surface area contributed by atoms with Crippen LogP contribution in [0.15, 0.2) is 22.7 Å². The van der Waals surface area contributed by atoms with Crippen LogP contribution in [0, 0.1) is 0 Å². The van der Waals surface area contributed by atoms with Gasteiger partial charge in [-0.3, -0.25) is 4.79 Å². The summed E-state index contributed by atoms with van der Waals surface area (Å²) in [5.41, 5.74) is 0. The van der Waals surface area contributed by atoms with Crippen LogP contribution in [0.25, 0.3) is 0 Å². The summed E-state index contributed by atoms with van der Waals surface area (Å²) in [7, 11) is 0. The van der Waals surface area contributed by atoms with Gasteiger partial charge in [0.25, 0.3) is 5.91 Å². The fourth-order valence-corrected chi connectivity index (χ4v) is 2.08. The van der Waals surface area contributed by atoms with Crippen molar-refractivity contribution in [2.24, 2.45) is 0 Å². The molecule has 18 heavy (non-hydrogen) atoms. The zero-order valence-corrected chi connectivity index (χ0v) is 12.3. The Labute approximate surface area is 119 Å². The Hall–Kier alpha value is -0.780. The summed E-state index contributed by atoms with van der Waals surface area (Å²) in [5.74, 6) is 0.282. The highest BCUT2D eigenvalue weighted by atomic mass is 79.9. The lowest BCUT2D eigenvalue weighted by molar-refractivity contribution is -0.124. The van der Waals surface area contributed by atoms with Crippen molar-refractivity contribution in [3.8, 4) is 5.75 Å². The van der Waals surface area contributed by atoms with Gasteiger partial charge in [-0.1, -0.05) is 18.5 Å². The second-order valence-electron chi connectivity index (χ2n) is 3.72. The molecule has 0 aliphatic rings. The number of carbonyl (C=O) groups is 1. The molecular formula is C12H15BrClNO3. The standard InChI is InChI=1S/C12H15BrClNO3/c1-2-9(6-16)15-12(17)7-18-11-4-3-8(14)5-10(11)13/h3-5,9,16H,2,6-7H2,1H3,(H,15,17)/t9-/m0/s1. The summed E-state index contributed by atoms with van der Waals surface area (Å²) in [4.78, 5) is 11.5. The van der Waals surface area contributed by atoms with Gasteiger partial charge < -0.3 is 15.2 Å². The van der Waals surface area contributed by atoms with Gasteiger partial charge in [0.2, 0.25) is 0 Å². The van der Waals surface area contributed by atoms with E-state index in [-0.39, 0.29) is 25.2 Å². The third-order valence-electron chi connectivity index (χ3n) is 2.33. The third-order valence-corrected chi connectivity index (χ3v) is 3.19. The molecule has 0 saturated heterocycles. The number of halogens is 2. The molecule has 1 atom stereocenters. The second-order valence-corrected chi connectivity index (χ2v) is 5.01. The Bertz CT molecular complexity index is 410. The van der Waals surface area contributed by atoms with E-state index >= 15 is 0 Å². The van der Waals surface area contributed by atoms with Crippen molar-refractivity contribution < 1.29 is 14.6 Å². The summed E-state index contributed by atoms with van der Waals surface area (Å²) in [6.07, 6.45) is 0.673. The van der Waals surface area contributed by atoms with Crippen LogP contribution >= 0.6 is 27.5 Å². The van der Waals surface area contributed by atoms with Gasteiger partial charge in [-0.25, -0.2) is 0 Å². The van der Waals surface area contributed by atoms with Gasteiger partial charge in [0, 0.05) is 5.02 Å². The maximum Gasteiger partial charge on any atom is 0.258 e. The van der Waals surface area contributed by atoms with E-state index in [1.165, 1.54) is 0 Å². The molecule has 100 valence electrons. The van der Waals surface area contributed by atoms with Crippen LogP contribution in [0.3, 0.4) is 0 Å². The summed E-state index contributed by atoms with van der Waals surface area (Å²) < 4.78 is 6.04. The first-order valence-electron chi connectivity index (χ1n) is 5.54. The smallest absolute Gasteiger partial charge is 0.258 e. The van der Waals surface area contributed by atoms with Crippen LogP contribution in [-0.2, 0) is 4.79 Å². The van der Waals surface area contributed by atoms with Crippen LogP contribution in [0.5, 0.6) is 5.75 Å². The van der Waals surface area contributed by atoms with Crippen molar-refractivity contribution in [2.45, 2.75) is 19.4 Å². The average molecular weight is 337 g/mol. The van der Waals surface area contributed by atoms with Gasteiger partial charge in [-0.05, 0) is 40.5 Å². The predicted octanol–water partition coefficient (Wildman–Crippen LogP) is 2.37. The second kappa shape index (κ2) is 7.61. The third kappa shape index (κ3) is 4.84. The number of carbonyl (C=O) groups excluding carboxylic acids is 1. The van der Waals surface area contributed by atoms with Crippen molar-refractivity contribution in [1.82, 2.24) is 5.32 Å². The van der Waals surface area contributed by atoms with E-state index < -0.39 is 0 Å². The molecule has 0 heterocycles. The molecule has 0 radical (unpaired) electrons. The minimum atomic E-state index is -0.266. The van der Waals surface area contributed by atoms with Crippen LogP contribution < -0.4 is 10.1 Å². The summed E-state index contributed by atoms with van der Waals surface area (Å²) in [6.45, 7) is 1.71.